The Morgan fingerprint density at radius 2 is 1.05 bits per heavy atom. The second-order valence-electron chi connectivity index (χ2n) is 6.76. The summed E-state index contributed by atoms with van der Waals surface area (Å²) in [6.45, 7) is 2.64. The van der Waals surface area contributed by atoms with Crippen LogP contribution in [0.1, 0.15) is 103 Å². The number of hydrogen-bond acceptors (Lipinski definition) is 2. The Hall–Kier alpha value is -0.0800. The third-order valence-corrected chi connectivity index (χ3v) is 4.68. The molecule has 0 aromatic rings. The summed E-state index contributed by atoms with van der Waals surface area (Å²) in [7, 11) is 0. The first kappa shape index (κ1) is 19.0. The van der Waals surface area contributed by atoms with E-state index >= 15 is 0 Å². The van der Waals surface area contributed by atoms with Crippen molar-refractivity contribution in [3.63, 3.8) is 0 Å². The van der Waals surface area contributed by atoms with Crippen molar-refractivity contribution in [1.29, 1.82) is 0 Å². The Kier molecular flexibility index (Phi) is 12.3. The summed E-state index contributed by atoms with van der Waals surface area (Å²) >= 11 is 0. The van der Waals surface area contributed by atoms with Crippen LogP contribution < -0.4 is 0 Å². The minimum Gasteiger partial charge on any atom is -0.396 e. The number of rotatable bonds is 16. The first-order valence-electron chi connectivity index (χ1n) is 9.64. The molecule has 0 radical (unpaired) electrons. The smallest absolute Gasteiger partial charge is 0.0841 e. The predicted octanol–water partition coefficient (Wildman–Crippen LogP) is 5.62. The van der Waals surface area contributed by atoms with E-state index in [1.807, 2.05) is 0 Å². The van der Waals surface area contributed by atoms with E-state index in [0.29, 0.717) is 18.8 Å². The molecule has 1 rings (SSSR count). The summed E-state index contributed by atoms with van der Waals surface area (Å²) in [4.78, 5) is 0. The van der Waals surface area contributed by atoms with Crippen molar-refractivity contribution in [2.24, 2.45) is 0 Å². The molecule has 126 valence electrons. The molecule has 1 aliphatic rings. The highest BCUT2D eigenvalue weighted by atomic mass is 16.6. The van der Waals surface area contributed by atoms with E-state index in [2.05, 4.69) is 6.92 Å². The van der Waals surface area contributed by atoms with Gasteiger partial charge in [0.1, 0.15) is 0 Å². The Morgan fingerprint density at radius 1 is 0.619 bits per heavy atom. The van der Waals surface area contributed by atoms with Crippen LogP contribution in [0.3, 0.4) is 0 Å². The maximum Gasteiger partial charge on any atom is 0.0841 e. The van der Waals surface area contributed by atoms with Gasteiger partial charge in [0.25, 0.3) is 0 Å². The zero-order chi connectivity index (χ0) is 15.2. The van der Waals surface area contributed by atoms with Gasteiger partial charge in [0.15, 0.2) is 0 Å². The average molecular weight is 299 g/mol. The largest absolute Gasteiger partial charge is 0.396 e. The fraction of sp³-hybridized carbons (Fsp3) is 1.00. The summed E-state index contributed by atoms with van der Waals surface area (Å²) < 4.78 is 5.78. The normalized spacial score (nSPS) is 20.9. The monoisotopic (exact) mass is 298 g/mol. The van der Waals surface area contributed by atoms with Crippen LogP contribution in [-0.4, -0.2) is 23.9 Å². The molecule has 2 nitrogen and oxygen atoms in total. The van der Waals surface area contributed by atoms with Crippen LogP contribution in [0.4, 0.5) is 0 Å². The molecule has 0 amide bonds. The Balaban J connectivity index is 1.74. The zero-order valence-electron chi connectivity index (χ0n) is 14.3. The third kappa shape index (κ3) is 11.2. The minimum absolute atomic E-state index is 0.360. The van der Waals surface area contributed by atoms with Gasteiger partial charge < -0.3 is 9.84 Å². The second kappa shape index (κ2) is 13.6. The molecular formula is C19H38O2. The lowest BCUT2D eigenvalue weighted by molar-refractivity contribution is 0.282. The standard InChI is InChI=1S/C19H38O2/c1-2-3-4-5-9-12-15-18-19(21-18)16-13-10-7-6-8-11-14-17-20/h18-20H,2-17H2,1H3. The fourth-order valence-corrected chi connectivity index (χ4v) is 3.15. The van der Waals surface area contributed by atoms with Gasteiger partial charge in [-0.25, -0.2) is 0 Å². The van der Waals surface area contributed by atoms with Gasteiger partial charge >= 0.3 is 0 Å². The zero-order valence-corrected chi connectivity index (χ0v) is 14.3. The van der Waals surface area contributed by atoms with E-state index in [4.69, 9.17) is 9.84 Å². The third-order valence-electron chi connectivity index (χ3n) is 4.68. The molecule has 0 aromatic heterocycles. The molecule has 1 N–H and O–H groups in total. The van der Waals surface area contributed by atoms with E-state index in [-0.39, 0.29) is 0 Å². The molecule has 0 spiro atoms. The van der Waals surface area contributed by atoms with Gasteiger partial charge in [0.05, 0.1) is 12.2 Å². The number of hydrogen-bond donors (Lipinski definition) is 1. The number of epoxide rings is 1. The van der Waals surface area contributed by atoms with E-state index in [0.717, 1.165) is 6.42 Å². The number of aliphatic hydroxyl groups is 1. The van der Waals surface area contributed by atoms with Gasteiger partial charge in [-0.15, -0.1) is 0 Å². The fourth-order valence-electron chi connectivity index (χ4n) is 3.15. The highest BCUT2D eigenvalue weighted by Gasteiger charge is 2.36. The predicted molar refractivity (Wildman–Crippen MR) is 90.7 cm³/mol. The number of ether oxygens (including phenoxy) is 1. The Labute approximate surface area is 132 Å². The average Bonchev–Trinajstić information content (AvgIpc) is 3.24. The topological polar surface area (TPSA) is 32.8 Å². The summed E-state index contributed by atoms with van der Waals surface area (Å²) in [6, 6.07) is 0. The van der Waals surface area contributed by atoms with E-state index in [1.54, 1.807) is 0 Å². The van der Waals surface area contributed by atoms with Crippen molar-refractivity contribution < 1.29 is 9.84 Å². The van der Waals surface area contributed by atoms with Gasteiger partial charge in [-0.3, -0.25) is 0 Å². The van der Waals surface area contributed by atoms with Crippen molar-refractivity contribution in [2.75, 3.05) is 6.61 Å². The van der Waals surface area contributed by atoms with Crippen LogP contribution >= 0.6 is 0 Å². The van der Waals surface area contributed by atoms with Crippen LogP contribution in [0.2, 0.25) is 0 Å². The first-order chi connectivity index (χ1) is 10.4. The highest BCUT2D eigenvalue weighted by Crippen LogP contribution is 2.31. The van der Waals surface area contributed by atoms with Crippen LogP contribution in [-0.2, 0) is 4.74 Å². The lowest BCUT2D eigenvalue weighted by atomic mass is 10.0. The molecule has 0 saturated carbocycles. The van der Waals surface area contributed by atoms with Crippen molar-refractivity contribution >= 4 is 0 Å². The van der Waals surface area contributed by atoms with Gasteiger partial charge in [-0.1, -0.05) is 84.0 Å². The quantitative estimate of drug-likeness (QED) is 0.296. The van der Waals surface area contributed by atoms with Gasteiger partial charge in [0, 0.05) is 6.61 Å². The van der Waals surface area contributed by atoms with Crippen LogP contribution in [0, 0.1) is 0 Å². The van der Waals surface area contributed by atoms with Gasteiger partial charge in [-0.2, -0.15) is 0 Å². The summed E-state index contributed by atoms with van der Waals surface area (Å²) in [6.07, 6.45) is 21.1. The van der Waals surface area contributed by atoms with Gasteiger partial charge in [-0.05, 0) is 19.3 Å². The second-order valence-corrected chi connectivity index (χ2v) is 6.76. The molecule has 1 heterocycles. The first-order valence-corrected chi connectivity index (χ1v) is 9.64. The number of aliphatic hydroxyl groups excluding tert-OH is 1. The molecular weight excluding hydrogens is 260 g/mol. The minimum atomic E-state index is 0.360. The van der Waals surface area contributed by atoms with Crippen LogP contribution in [0.5, 0.6) is 0 Å². The molecule has 1 fully saturated rings. The van der Waals surface area contributed by atoms with Crippen molar-refractivity contribution in [3.05, 3.63) is 0 Å². The van der Waals surface area contributed by atoms with Gasteiger partial charge in [0.2, 0.25) is 0 Å². The van der Waals surface area contributed by atoms with Crippen LogP contribution in [0.15, 0.2) is 0 Å². The van der Waals surface area contributed by atoms with E-state index in [1.165, 1.54) is 89.9 Å². The summed E-state index contributed by atoms with van der Waals surface area (Å²) in [5.74, 6) is 0. The molecule has 21 heavy (non-hydrogen) atoms. The molecule has 2 unspecified atom stereocenters. The maximum absolute atomic E-state index is 8.70. The maximum atomic E-state index is 8.70. The van der Waals surface area contributed by atoms with Crippen molar-refractivity contribution in [2.45, 2.75) is 115 Å². The molecule has 0 aliphatic carbocycles. The van der Waals surface area contributed by atoms with E-state index in [9.17, 15) is 0 Å². The molecule has 1 saturated heterocycles. The lowest BCUT2D eigenvalue weighted by Gasteiger charge is -2.01. The summed E-state index contributed by atoms with van der Waals surface area (Å²) in [5, 5.41) is 8.70. The molecule has 0 bridgehead atoms. The lowest BCUT2D eigenvalue weighted by Crippen LogP contribution is -1.95. The number of unbranched alkanes of at least 4 members (excludes halogenated alkanes) is 11. The molecule has 1 aliphatic heterocycles. The Morgan fingerprint density at radius 3 is 1.52 bits per heavy atom. The van der Waals surface area contributed by atoms with Crippen molar-refractivity contribution in [1.82, 2.24) is 0 Å². The van der Waals surface area contributed by atoms with Crippen molar-refractivity contribution in [3.8, 4) is 0 Å². The molecule has 2 atom stereocenters. The van der Waals surface area contributed by atoms with Crippen LogP contribution in [0.25, 0.3) is 0 Å². The summed E-state index contributed by atoms with van der Waals surface area (Å²) in [5.41, 5.74) is 0. The molecule has 2 heteroatoms. The molecule has 0 aromatic carbocycles. The highest BCUT2D eigenvalue weighted by molar-refractivity contribution is 4.84. The van der Waals surface area contributed by atoms with E-state index < -0.39 is 0 Å². The Bertz CT molecular complexity index is 218. The SMILES string of the molecule is CCCCCCCCC1OC1CCCCCCCCCO.